The standard InChI is InChI=1S/C24H20BrFN4O3/c1-14-12-29(13-27-14)20-9-6-17(10-21(20)33-3)23(31)22-19(25)11-28-30(24(22)32)15(2)16-4-7-18(26)8-5-16/h4-13,15H,1-3H3. The summed E-state index contributed by atoms with van der Waals surface area (Å²) >= 11 is 3.29. The van der Waals surface area contributed by atoms with Crippen LogP contribution in [0.4, 0.5) is 4.39 Å². The second-order valence-electron chi connectivity index (χ2n) is 7.48. The van der Waals surface area contributed by atoms with Gasteiger partial charge in [-0.05, 0) is 65.7 Å². The number of aromatic nitrogens is 4. The first kappa shape index (κ1) is 22.6. The number of carbonyl (C=O) groups excluding carboxylic acids is 1. The Morgan fingerprint density at radius 2 is 1.91 bits per heavy atom. The van der Waals surface area contributed by atoms with Gasteiger partial charge in [0.05, 0.1) is 41.5 Å². The van der Waals surface area contributed by atoms with E-state index in [1.807, 2.05) is 13.1 Å². The third-order valence-corrected chi connectivity index (χ3v) is 5.94. The highest BCUT2D eigenvalue weighted by atomic mass is 79.9. The molecule has 0 aliphatic rings. The van der Waals surface area contributed by atoms with Crippen LogP contribution in [-0.2, 0) is 0 Å². The Labute approximate surface area is 197 Å². The molecule has 33 heavy (non-hydrogen) atoms. The molecule has 0 N–H and O–H groups in total. The Morgan fingerprint density at radius 3 is 2.55 bits per heavy atom. The van der Waals surface area contributed by atoms with Crippen molar-refractivity contribution in [3.05, 3.63) is 104 Å². The number of halogens is 2. The van der Waals surface area contributed by atoms with Crippen molar-refractivity contribution in [1.82, 2.24) is 19.3 Å². The number of nitrogens with zero attached hydrogens (tertiary/aromatic N) is 4. The topological polar surface area (TPSA) is 79.0 Å². The van der Waals surface area contributed by atoms with E-state index >= 15 is 0 Å². The maximum absolute atomic E-state index is 13.4. The maximum atomic E-state index is 13.4. The average molecular weight is 511 g/mol. The minimum absolute atomic E-state index is 0.0489. The van der Waals surface area contributed by atoms with Gasteiger partial charge in [0.2, 0.25) is 0 Å². The Bertz CT molecular complexity index is 1400. The van der Waals surface area contributed by atoms with Crippen molar-refractivity contribution in [2.75, 3.05) is 7.11 Å². The summed E-state index contributed by atoms with van der Waals surface area (Å²) < 4.78 is 22.1. The normalized spacial score (nSPS) is 11.9. The van der Waals surface area contributed by atoms with Crippen molar-refractivity contribution in [2.45, 2.75) is 19.9 Å². The number of rotatable bonds is 6. The molecule has 0 radical (unpaired) electrons. The molecule has 0 bridgehead atoms. The SMILES string of the molecule is COc1cc(C(=O)c2c(Br)cnn(C(C)c3ccc(F)cc3)c2=O)ccc1-n1cnc(C)c1. The molecule has 168 valence electrons. The van der Waals surface area contributed by atoms with Crippen LogP contribution in [0.25, 0.3) is 5.69 Å². The molecule has 1 unspecified atom stereocenters. The van der Waals surface area contributed by atoms with Gasteiger partial charge >= 0.3 is 0 Å². The Morgan fingerprint density at radius 1 is 1.18 bits per heavy atom. The van der Waals surface area contributed by atoms with Gasteiger partial charge in [-0.15, -0.1) is 0 Å². The van der Waals surface area contributed by atoms with Gasteiger partial charge in [0.25, 0.3) is 5.56 Å². The van der Waals surface area contributed by atoms with Crippen molar-refractivity contribution >= 4 is 21.7 Å². The van der Waals surface area contributed by atoms with Crippen LogP contribution in [0.1, 0.15) is 40.1 Å². The molecule has 0 aliphatic carbocycles. The van der Waals surface area contributed by atoms with E-state index in [1.54, 1.807) is 48.1 Å². The van der Waals surface area contributed by atoms with Gasteiger partial charge in [0.1, 0.15) is 17.1 Å². The second-order valence-corrected chi connectivity index (χ2v) is 8.34. The monoisotopic (exact) mass is 510 g/mol. The Kier molecular flexibility index (Phi) is 6.24. The molecule has 7 nitrogen and oxygen atoms in total. The molecule has 0 aliphatic heterocycles. The van der Waals surface area contributed by atoms with E-state index in [4.69, 9.17) is 4.74 Å². The highest BCUT2D eigenvalue weighted by Gasteiger charge is 2.23. The summed E-state index contributed by atoms with van der Waals surface area (Å²) in [5.74, 6) is -0.384. The zero-order chi connectivity index (χ0) is 23.7. The van der Waals surface area contributed by atoms with E-state index < -0.39 is 17.4 Å². The minimum atomic E-state index is -0.556. The molecule has 2 heterocycles. The zero-order valence-corrected chi connectivity index (χ0v) is 19.7. The van der Waals surface area contributed by atoms with Crippen molar-refractivity contribution in [1.29, 1.82) is 0 Å². The van der Waals surface area contributed by atoms with E-state index in [0.29, 0.717) is 17.0 Å². The number of aryl methyl sites for hydroxylation is 1. The van der Waals surface area contributed by atoms with Gasteiger partial charge in [-0.25, -0.2) is 14.1 Å². The summed E-state index contributed by atoms with van der Waals surface area (Å²) in [7, 11) is 1.51. The number of benzene rings is 2. The van der Waals surface area contributed by atoms with E-state index in [0.717, 1.165) is 5.69 Å². The predicted molar refractivity (Wildman–Crippen MR) is 125 cm³/mol. The summed E-state index contributed by atoms with van der Waals surface area (Å²) in [6.45, 7) is 3.63. The van der Waals surface area contributed by atoms with Crippen LogP contribution >= 0.6 is 15.9 Å². The lowest BCUT2D eigenvalue weighted by Gasteiger charge is -2.16. The molecule has 0 spiro atoms. The average Bonchev–Trinajstić information content (AvgIpc) is 3.24. The highest BCUT2D eigenvalue weighted by Crippen LogP contribution is 2.27. The summed E-state index contributed by atoms with van der Waals surface area (Å²) in [5.41, 5.74) is 1.93. The predicted octanol–water partition coefficient (Wildman–Crippen LogP) is 4.49. The fraction of sp³-hybridized carbons (Fsp3) is 0.167. The molecule has 0 amide bonds. The molecular formula is C24H20BrFN4O3. The van der Waals surface area contributed by atoms with E-state index in [2.05, 4.69) is 26.0 Å². The van der Waals surface area contributed by atoms with Crippen LogP contribution in [0.3, 0.4) is 0 Å². The number of ether oxygens (including phenoxy) is 1. The van der Waals surface area contributed by atoms with Crippen LogP contribution in [0.15, 0.2) is 70.5 Å². The van der Waals surface area contributed by atoms with E-state index in [1.165, 1.54) is 30.1 Å². The number of carbonyl (C=O) groups is 1. The number of imidazole rings is 1. The molecule has 4 aromatic rings. The first-order chi connectivity index (χ1) is 15.8. The first-order valence-corrected chi connectivity index (χ1v) is 10.9. The number of hydrogen-bond acceptors (Lipinski definition) is 5. The Hall–Kier alpha value is -3.59. The van der Waals surface area contributed by atoms with Crippen molar-refractivity contribution in [2.24, 2.45) is 0 Å². The molecule has 9 heteroatoms. The fourth-order valence-electron chi connectivity index (χ4n) is 3.54. The smallest absolute Gasteiger partial charge is 0.279 e. The molecule has 2 aromatic heterocycles. The summed E-state index contributed by atoms with van der Waals surface area (Å²) in [6, 6.07) is 10.3. The van der Waals surface area contributed by atoms with Crippen LogP contribution in [-0.4, -0.2) is 32.2 Å². The van der Waals surface area contributed by atoms with Crippen LogP contribution < -0.4 is 10.3 Å². The third-order valence-electron chi connectivity index (χ3n) is 5.33. The van der Waals surface area contributed by atoms with Crippen molar-refractivity contribution in [3.63, 3.8) is 0 Å². The molecule has 1 atom stereocenters. The molecule has 0 saturated carbocycles. The first-order valence-electron chi connectivity index (χ1n) is 10.1. The lowest BCUT2D eigenvalue weighted by atomic mass is 10.0. The fourth-order valence-corrected chi connectivity index (χ4v) is 3.98. The number of ketones is 1. The molecular weight excluding hydrogens is 491 g/mol. The van der Waals surface area contributed by atoms with Crippen molar-refractivity contribution < 1.29 is 13.9 Å². The Balaban J connectivity index is 1.75. The zero-order valence-electron chi connectivity index (χ0n) is 18.1. The van der Waals surface area contributed by atoms with E-state index in [-0.39, 0.29) is 21.4 Å². The van der Waals surface area contributed by atoms with E-state index in [9.17, 15) is 14.0 Å². The van der Waals surface area contributed by atoms with Crippen LogP contribution in [0.2, 0.25) is 0 Å². The lowest BCUT2D eigenvalue weighted by Crippen LogP contribution is -2.31. The van der Waals surface area contributed by atoms with Gasteiger partial charge in [-0.3, -0.25) is 9.59 Å². The molecule has 4 rings (SSSR count). The van der Waals surface area contributed by atoms with Gasteiger partial charge in [-0.2, -0.15) is 5.10 Å². The largest absolute Gasteiger partial charge is 0.495 e. The highest BCUT2D eigenvalue weighted by molar-refractivity contribution is 9.10. The summed E-state index contributed by atoms with van der Waals surface area (Å²) in [4.78, 5) is 30.8. The van der Waals surface area contributed by atoms with Gasteiger partial charge in [0, 0.05) is 11.8 Å². The van der Waals surface area contributed by atoms with Crippen LogP contribution in [0.5, 0.6) is 5.75 Å². The molecule has 0 saturated heterocycles. The van der Waals surface area contributed by atoms with Crippen LogP contribution in [0, 0.1) is 12.7 Å². The second kappa shape index (κ2) is 9.11. The minimum Gasteiger partial charge on any atom is -0.495 e. The summed E-state index contributed by atoms with van der Waals surface area (Å²) in [6.07, 6.45) is 4.91. The van der Waals surface area contributed by atoms with Gasteiger partial charge in [-0.1, -0.05) is 12.1 Å². The molecule has 0 fully saturated rings. The lowest BCUT2D eigenvalue weighted by molar-refractivity contribution is 0.103. The van der Waals surface area contributed by atoms with Gasteiger partial charge in [0.15, 0.2) is 5.78 Å². The van der Waals surface area contributed by atoms with Gasteiger partial charge < -0.3 is 9.30 Å². The summed E-state index contributed by atoms with van der Waals surface area (Å²) in [5, 5.41) is 4.18. The maximum Gasteiger partial charge on any atom is 0.279 e. The number of methoxy groups -OCH3 is 1. The number of hydrogen-bond donors (Lipinski definition) is 0. The van der Waals surface area contributed by atoms with Crippen molar-refractivity contribution in [3.8, 4) is 11.4 Å². The quantitative estimate of drug-likeness (QED) is 0.357. The molecule has 2 aromatic carbocycles. The third kappa shape index (κ3) is 4.36.